The second-order valence-corrected chi connectivity index (χ2v) is 5.27. The van der Waals surface area contributed by atoms with Crippen molar-refractivity contribution in [1.82, 2.24) is 5.32 Å². The summed E-state index contributed by atoms with van der Waals surface area (Å²) >= 11 is 0. The minimum atomic E-state index is -6.54. The van der Waals surface area contributed by atoms with Crippen LogP contribution in [0.1, 0.15) is 18.1 Å². The van der Waals surface area contributed by atoms with E-state index in [1.807, 2.05) is 0 Å². The van der Waals surface area contributed by atoms with Crippen molar-refractivity contribution in [2.24, 2.45) is 0 Å². The molecule has 0 saturated heterocycles. The summed E-state index contributed by atoms with van der Waals surface area (Å²) in [6.07, 6.45) is -11.7. The Kier molecular flexibility index (Phi) is 5.42. The summed E-state index contributed by atoms with van der Waals surface area (Å²) in [7, 11) is 0. The van der Waals surface area contributed by atoms with Gasteiger partial charge in [-0.1, -0.05) is 18.2 Å². The van der Waals surface area contributed by atoms with Gasteiger partial charge < -0.3 is 5.11 Å². The van der Waals surface area contributed by atoms with Gasteiger partial charge in [0.25, 0.3) is 0 Å². The van der Waals surface area contributed by atoms with Crippen LogP contribution in [0.4, 0.5) is 43.9 Å². The van der Waals surface area contributed by atoms with Gasteiger partial charge in [0.15, 0.2) is 0 Å². The molecule has 0 spiro atoms. The predicted octanol–water partition coefficient (Wildman–Crippen LogP) is 4.34. The molecule has 1 unspecified atom stereocenters. The van der Waals surface area contributed by atoms with Crippen LogP contribution in [0.25, 0.3) is 0 Å². The maximum absolute atomic E-state index is 13.6. The highest BCUT2D eigenvalue weighted by atomic mass is 19.4. The van der Waals surface area contributed by atoms with E-state index in [0.29, 0.717) is 13.0 Å². The Morgan fingerprint density at radius 2 is 1.40 bits per heavy atom. The summed E-state index contributed by atoms with van der Waals surface area (Å²) in [5.74, 6) is -12.0. The quantitative estimate of drug-likeness (QED) is 0.582. The van der Waals surface area contributed by atoms with Crippen LogP contribution < -0.4 is 5.32 Å². The fourth-order valence-electron chi connectivity index (χ4n) is 1.61. The molecular weight excluding hydrogens is 376 g/mol. The van der Waals surface area contributed by atoms with Gasteiger partial charge in [-0.3, -0.25) is 5.32 Å². The molecular formula is C13H11F10NO. The molecule has 0 radical (unpaired) electrons. The summed E-state index contributed by atoms with van der Waals surface area (Å²) in [5.41, 5.74) is -5.64. The monoisotopic (exact) mass is 387 g/mol. The number of aliphatic hydroxyl groups is 1. The molecule has 12 heteroatoms. The van der Waals surface area contributed by atoms with Gasteiger partial charge in [-0.25, -0.2) is 0 Å². The number of hydrogen-bond donors (Lipinski definition) is 2. The summed E-state index contributed by atoms with van der Waals surface area (Å²) in [5, 5.41) is 10.7. The van der Waals surface area contributed by atoms with Crippen molar-refractivity contribution in [3.63, 3.8) is 0 Å². The van der Waals surface area contributed by atoms with Gasteiger partial charge in [0.1, 0.15) is 0 Å². The number of rotatable bonds is 5. The molecule has 0 amide bonds. The first kappa shape index (κ1) is 21.5. The molecule has 0 fully saturated rings. The molecule has 0 bridgehead atoms. The molecule has 2 nitrogen and oxygen atoms in total. The smallest absolute Gasteiger partial charge is 0.368 e. The summed E-state index contributed by atoms with van der Waals surface area (Å²) in [6, 6.07) is 2.06. The molecule has 25 heavy (non-hydrogen) atoms. The molecule has 1 atom stereocenters. The average molecular weight is 387 g/mol. The Morgan fingerprint density at radius 1 is 0.880 bits per heavy atom. The van der Waals surface area contributed by atoms with Crippen molar-refractivity contribution in [1.29, 1.82) is 0 Å². The highest BCUT2D eigenvalue weighted by molar-refractivity contribution is 5.29. The maximum Gasteiger partial charge on any atom is 0.460 e. The van der Waals surface area contributed by atoms with Gasteiger partial charge in [0.2, 0.25) is 5.72 Å². The van der Waals surface area contributed by atoms with E-state index < -0.39 is 47.6 Å². The van der Waals surface area contributed by atoms with Crippen LogP contribution in [0.3, 0.4) is 0 Å². The Morgan fingerprint density at radius 3 is 1.84 bits per heavy atom. The Hall–Kier alpha value is -1.56. The van der Waals surface area contributed by atoms with Crippen molar-refractivity contribution >= 4 is 0 Å². The van der Waals surface area contributed by atoms with E-state index in [2.05, 4.69) is 0 Å². The maximum atomic E-state index is 13.6. The molecule has 0 aliphatic carbocycles. The lowest BCUT2D eigenvalue weighted by molar-refractivity contribution is -0.359. The standard InChI is InChI=1S/C13H11F10NO/c1-9(25,12(18,19)20)24-6-7-3-2-4-8(5-7)10(14,15)11(16,17)13(21,22)23/h2-5,24-25H,6H2,1H3. The van der Waals surface area contributed by atoms with Crippen LogP contribution in [-0.2, 0) is 12.5 Å². The SMILES string of the molecule is CC(O)(NCc1cccc(C(F)(F)C(F)(F)C(F)(F)F)c1)C(F)(F)F. The van der Waals surface area contributed by atoms with Crippen LogP contribution in [0, 0.1) is 0 Å². The molecule has 2 N–H and O–H groups in total. The van der Waals surface area contributed by atoms with E-state index in [1.54, 1.807) is 0 Å². The second-order valence-electron chi connectivity index (χ2n) is 5.27. The lowest BCUT2D eigenvalue weighted by Gasteiger charge is -2.29. The average Bonchev–Trinajstić information content (AvgIpc) is 2.43. The van der Waals surface area contributed by atoms with E-state index in [-0.39, 0.29) is 12.1 Å². The minimum absolute atomic E-state index is 0.194. The third kappa shape index (κ3) is 4.17. The molecule has 0 heterocycles. The van der Waals surface area contributed by atoms with Crippen molar-refractivity contribution < 1.29 is 49.0 Å². The highest BCUT2D eigenvalue weighted by Gasteiger charge is 2.73. The fraction of sp³-hybridized carbons (Fsp3) is 0.538. The zero-order valence-electron chi connectivity index (χ0n) is 12.2. The fourth-order valence-corrected chi connectivity index (χ4v) is 1.61. The van der Waals surface area contributed by atoms with Crippen LogP contribution in [0.5, 0.6) is 0 Å². The molecule has 1 rings (SSSR count). The van der Waals surface area contributed by atoms with Gasteiger partial charge in [-0.05, 0) is 18.6 Å². The largest absolute Gasteiger partial charge is 0.460 e. The number of alkyl halides is 10. The normalized spacial score (nSPS) is 16.6. The van der Waals surface area contributed by atoms with E-state index in [0.717, 1.165) is 6.07 Å². The lowest BCUT2D eigenvalue weighted by atomic mass is 9.99. The van der Waals surface area contributed by atoms with Crippen molar-refractivity contribution in [3.05, 3.63) is 35.4 Å². The summed E-state index contributed by atoms with van der Waals surface area (Å²) in [4.78, 5) is 0. The van der Waals surface area contributed by atoms with Gasteiger partial charge in [0, 0.05) is 12.1 Å². The minimum Gasteiger partial charge on any atom is -0.368 e. The van der Waals surface area contributed by atoms with E-state index >= 15 is 0 Å². The second kappa shape index (κ2) is 6.31. The summed E-state index contributed by atoms with van der Waals surface area (Å²) < 4.78 is 127. The first-order valence-electron chi connectivity index (χ1n) is 6.39. The van der Waals surface area contributed by atoms with Gasteiger partial charge >= 0.3 is 24.2 Å². The van der Waals surface area contributed by atoms with Crippen LogP contribution in [0.15, 0.2) is 24.3 Å². The van der Waals surface area contributed by atoms with Gasteiger partial charge in [0.05, 0.1) is 0 Å². The Balaban J connectivity index is 3.10. The number of hydrogen-bond acceptors (Lipinski definition) is 2. The molecule has 0 saturated carbocycles. The van der Waals surface area contributed by atoms with Gasteiger partial charge in [-0.15, -0.1) is 0 Å². The van der Waals surface area contributed by atoms with Crippen molar-refractivity contribution in [2.75, 3.05) is 0 Å². The molecule has 1 aromatic rings. The molecule has 1 aromatic carbocycles. The van der Waals surface area contributed by atoms with Crippen LogP contribution >= 0.6 is 0 Å². The van der Waals surface area contributed by atoms with E-state index in [9.17, 15) is 43.9 Å². The summed E-state index contributed by atoms with van der Waals surface area (Å²) in [6.45, 7) is -0.614. The Bertz CT molecular complexity index is 606. The van der Waals surface area contributed by atoms with Crippen molar-refractivity contribution in [2.45, 2.75) is 43.4 Å². The first-order chi connectivity index (χ1) is 10.9. The van der Waals surface area contributed by atoms with Crippen molar-refractivity contribution in [3.8, 4) is 0 Å². The zero-order valence-corrected chi connectivity index (χ0v) is 12.2. The number of halogens is 10. The van der Waals surface area contributed by atoms with Crippen LogP contribution in [0.2, 0.25) is 0 Å². The third-order valence-electron chi connectivity index (χ3n) is 3.23. The van der Waals surface area contributed by atoms with Crippen LogP contribution in [-0.4, -0.2) is 29.1 Å². The Labute approximate surface area is 134 Å². The topological polar surface area (TPSA) is 32.3 Å². The highest BCUT2D eigenvalue weighted by Crippen LogP contribution is 2.51. The van der Waals surface area contributed by atoms with E-state index in [1.165, 1.54) is 5.32 Å². The third-order valence-corrected chi connectivity index (χ3v) is 3.23. The molecule has 0 aromatic heterocycles. The first-order valence-corrected chi connectivity index (χ1v) is 6.39. The van der Waals surface area contributed by atoms with Gasteiger partial charge in [-0.2, -0.15) is 43.9 Å². The molecule has 144 valence electrons. The molecule has 0 aliphatic heterocycles. The van der Waals surface area contributed by atoms with E-state index in [4.69, 9.17) is 5.11 Å². The number of benzene rings is 1. The number of nitrogens with one attached hydrogen (secondary N) is 1. The predicted molar refractivity (Wildman–Crippen MR) is 64.9 cm³/mol. The molecule has 0 aliphatic rings. The zero-order chi connectivity index (χ0) is 19.9. The lowest BCUT2D eigenvalue weighted by Crippen LogP contribution is -2.54.